The number of carbonyl (C=O) groups is 2. The molecule has 2 amide bonds. The molecule has 1 fully saturated rings. The van der Waals surface area contributed by atoms with Crippen LogP contribution in [0.15, 0.2) is 24.3 Å². The van der Waals surface area contributed by atoms with Crippen molar-refractivity contribution in [1.82, 2.24) is 5.32 Å². The standard InChI is InChI=1S/C15H20N2O4/c1-20-9-3-8-16-13-10-14(18)17(15(13)19)11-4-6-12(21-2)7-5-11/h4-7,13,16H,3,8-10H2,1-2H3. The van der Waals surface area contributed by atoms with Crippen molar-refractivity contribution in [3.8, 4) is 5.75 Å². The Morgan fingerprint density at radius 2 is 1.95 bits per heavy atom. The number of methoxy groups -OCH3 is 2. The van der Waals surface area contributed by atoms with Crippen molar-refractivity contribution in [2.24, 2.45) is 0 Å². The molecule has 1 atom stereocenters. The molecule has 0 bridgehead atoms. The van der Waals surface area contributed by atoms with Crippen molar-refractivity contribution in [1.29, 1.82) is 0 Å². The summed E-state index contributed by atoms with van der Waals surface area (Å²) >= 11 is 0. The number of nitrogens with zero attached hydrogens (tertiary/aromatic N) is 1. The second-order valence-corrected chi connectivity index (χ2v) is 4.82. The second kappa shape index (κ2) is 7.19. The molecule has 0 aromatic heterocycles. The average molecular weight is 292 g/mol. The molecule has 0 aliphatic carbocycles. The van der Waals surface area contributed by atoms with Crippen molar-refractivity contribution >= 4 is 17.5 Å². The van der Waals surface area contributed by atoms with Crippen molar-refractivity contribution < 1.29 is 19.1 Å². The Kier molecular flexibility index (Phi) is 5.30. The smallest absolute Gasteiger partial charge is 0.251 e. The number of carbonyl (C=O) groups excluding carboxylic acids is 2. The van der Waals surface area contributed by atoms with E-state index in [1.54, 1.807) is 38.5 Å². The summed E-state index contributed by atoms with van der Waals surface area (Å²) in [4.78, 5) is 25.6. The monoisotopic (exact) mass is 292 g/mol. The number of anilines is 1. The highest BCUT2D eigenvalue weighted by atomic mass is 16.5. The summed E-state index contributed by atoms with van der Waals surface area (Å²) in [5.41, 5.74) is 0.576. The van der Waals surface area contributed by atoms with Crippen LogP contribution in [-0.4, -0.2) is 45.2 Å². The van der Waals surface area contributed by atoms with Gasteiger partial charge < -0.3 is 14.8 Å². The van der Waals surface area contributed by atoms with Gasteiger partial charge in [0.2, 0.25) is 5.91 Å². The molecule has 1 saturated heterocycles. The largest absolute Gasteiger partial charge is 0.497 e. The SMILES string of the molecule is COCCCNC1CC(=O)N(c2ccc(OC)cc2)C1=O. The van der Waals surface area contributed by atoms with E-state index in [-0.39, 0.29) is 18.2 Å². The summed E-state index contributed by atoms with van der Waals surface area (Å²) in [6.07, 6.45) is 0.995. The van der Waals surface area contributed by atoms with E-state index < -0.39 is 6.04 Å². The Morgan fingerprint density at radius 1 is 1.24 bits per heavy atom. The lowest BCUT2D eigenvalue weighted by atomic mass is 10.2. The maximum absolute atomic E-state index is 12.3. The minimum Gasteiger partial charge on any atom is -0.497 e. The number of imide groups is 1. The average Bonchev–Trinajstić information content (AvgIpc) is 2.78. The Hall–Kier alpha value is -1.92. The molecule has 1 aliphatic heterocycles. The van der Waals surface area contributed by atoms with Gasteiger partial charge in [0, 0.05) is 13.7 Å². The zero-order chi connectivity index (χ0) is 15.2. The lowest BCUT2D eigenvalue weighted by Crippen LogP contribution is -2.39. The highest BCUT2D eigenvalue weighted by molar-refractivity contribution is 6.22. The Labute approximate surface area is 124 Å². The van der Waals surface area contributed by atoms with Crippen molar-refractivity contribution in [2.45, 2.75) is 18.9 Å². The predicted octanol–water partition coefficient (Wildman–Crippen LogP) is 0.953. The first-order valence-corrected chi connectivity index (χ1v) is 6.90. The molecule has 0 radical (unpaired) electrons. The van der Waals surface area contributed by atoms with Crippen LogP contribution in [0.5, 0.6) is 5.75 Å². The fraction of sp³-hybridized carbons (Fsp3) is 0.467. The highest BCUT2D eigenvalue weighted by Gasteiger charge is 2.39. The van der Waals surface area contributed by atoms with Gasteiger partial charge in [-0.3, -0.25) is 9.59 Å². The highest BCUT2D eigenvalue weighted by Crippen LogP contribution is 2.25. The number of ether oxygens (including phenoxy) is 2. The van der Waals surface area contributed by atoms with Gasteiger partial charge >= 0.3 is 0 Å². The lowest BCUT2D eigenvalue weighted by Gasteiger charge is -2.16. The molecule has 21 heavy (non-hydrogen) atoms. The number of nitrogens with one attached hydrogen (secondary N) is 1. The van der Waals surface area contributed by atoms with E-state index in [9.17, 15) is 9.59 Å². The summed E-state index contributed by atoms with van der Waals surface area (Å²) in [6, 6.07) is 6.44. The Balaban J connectivity index is 2.00. The summed E-state index contributed by atoms with van der Waals surface area (Å²) in [5, 5.41) is 3.10. The van der Waals surface area contributed by atoms with Gasteiger partial charge in [0.1, 0.15) is 5.75 Å². The lowest BCUT2D eigenvalue weighted by molar-refractivity contribution is -0.121. The number of hydrogen-bond acceptors (Lipinski definition) is 5. The van der Waals surface area contributed by atoms with Gasteiger partial charge in [0.25, 0.3) is 5.91 Å². The third kappa shape index (κ3) is 3.59. The Bertz CT molecular complexity index is 501. The van der Waals surface area contributed by atoms with Gasteiger partial charge in [0.15, 0.2) is 0 Å². The third-order valence-electron chi connectivity index (χ3n) is 3.39. The van der Waals surface area contributed by atoms with Crippen molar-refractivity contribution in [2.75, 3.05) is 32.3 Å². The van der Waals surface area contributed by atoms with Crippen LogP contribution in [0.4, 0.5) is 5.69 Å². The van der Waals surface area contributed by atoms with Gasteiger partial charge in [-0.25, -0.2) is 4.90 Å². The first kappa shape index (κ1) is 15.5. The van der Waals surface area contributed by atoms with E-state index in [2.05, 4.69) is 5.32 Å². The van der Waals surface area contributed by atoms with Gasteiger partial charge in [-0.15, -0.1) is 0 Å². The summed E-state index contributed by atoms with van der Waals surface area (Å²) in [7, 11) is 3.21. The van der Waals surface area contributed by atoms with Crippen LogP contribution in [0.25, 0.3) is 0 Å². The van der Waals surface area contributed by atoms with Crippen LogP contribution in [0.3, 0.4) is 0 Å². The zero-order valence-electron chi connectivity index (χ0n) is 12.3. The summed E-state index contributed by atoms with van der Waals surface area (Å²) in [6.45, 7) is 1.28. The molecule has 0 spiro atoms. The molecule has 6 nitrogen and oxygen atoms in total. The van der Waals surface area contributed by atoms with Gasteiger partial charge in [0.05, 0.1) is 25.3 Å². The van der Waals surface area contributed by atoms with E-state index in [4.69, 9.17) is 9.47 Å². The van der Waals surface area contributed by atoms with Gasteiger partial charge in [-0.05, 0) is 37.2 Å². The minimum atomic E-state index is -0.448. The van der Waals surface area contributed by atoms with Crippen LogP contribution in [0.1, 0.15) is 12.8 Å². The van der Waals surface area contributed by atoms with E-state index in [1.807, 2.05) is 0 Å². The van der Waals surface area contributed by atoms with E-state index in [0.29, 0.717) is 24.6 Å². The van der Waals surface area contributed by atoms with Gasteiger partial charge in [-0.1, -0.05) is 0 Å². The number of amides is 2. The number of benzene rings is 1. The normalized spacial score (nSPS) is 18.4. The maximum Gasteiger partial charge on any atom is 0.251 e. The topological polar surface area (TPSA) is 67.9 Å². The van der Waals surface area contributed by atoms with Crippen LogP contribution in [0, 0.1) is 0 Å². The van der Waals surface area contributed by atoms with Crippen molar-refractivity contribution in [3.63, 3.8) is 0 Å². The minimum absolute atomic E-state index is 0.186. The molecule has 114 valence electrons. The number of rotatable bonds is 7. The van der Waals surface area contributed by atoms with Crippen molar-refractivity contribution in [3.05, 3.63) is 24.3 Å². The molecule has 1 aromatic rings. The maximum atomic E-state index is 12.3. The molecule has 2 rings (SSSR count). The van der Waals surface area contributed by atoms with E-state index >= 15 is 0 Å². The molecule has 1 aliphatic rings. The summed E-state index contributed by atoms with van der Waals surface area (Å²) in [5.74, 6) is 0.295. The molecule has 1 unspecified atom stereocenters. The zero-order valence-corrected chi connectivity index (χ0v) is 12.3. The molecule has 1 aromatic carbocycles. The van der Waals surface area contributed by atoms with Crippen LogP contribution in [0.2, 0.25) is 0 Å². The molecular weight excluding hydrogens is 272 g/mol. The predicted molar refractivity (Wildman–Crippen MR) is 78.4 cm³/mol. The first-order chi connectivity index (χ1) is 10.2. The Morgan fingerprint density at radius 3 is 2.57 bits per heavy atom. The number of hydrogen-bond donors (Lipinski definition) is 1. The second-order valence-electron chi connectivity index (χ2n) is 4.82. The van der Waals surface area contributed by atoms with Gasteiger partial charge in [-0.2, -0.15) is 0 Å². The third-order valence-corrected chi connectivity index (χ3v) is 3.39. The van der Waals surface area contributed by atoms with E-state index in [0.717, 1.165) is 6.42 Å². The summed E-state index contributed by atoms with van der Waals surface area (Å²) < 4.78 is 10.0. The van der Waals surface area contributed by atoms with Crippen LogP contribution in [-0.2, 0) is 14.3 Å². The van der Waals surface area contributed by atoms with Crippen LogP contribution >= 0.6 is 0 Å². The molecule has 1 heterocycles. The quantitative estimate of drug-likeness (QED) is 0.599. The fourth-order valence-electron chi connectivity index (χ4n) is 2.29. The molecule has 0 saturated carbocycles. The van der Waals surface area contributed by atoms with E-state index in [1.165, 1.54) is 4.90 Å². The fourth-order valence-corrected chi connectivity index (χ4v) is 2.29. The molecule has 1 N–H and O–H groups in total. The van der Waals surface area contributed by atoms with Crippen LogP contribution < -0.4 is 15.0 Å². The molecule has 6 heteroatoms. The first-order valence-electron chi connectivity index (χ1n) is 6.90. The molecular formula is C15H20N2O4.